The number of nitrogen functional groups attached to an aromatic ring is 1. The van der Waals surface area contributed by atoms with Crippen LogP contribution in [-0.2, 0) is 0 Å². The van der Waals surface area contributed by atoms with E-state index < -0.39 is 0 Å². The number of rotatable bonds is 4. The number of para-hydroxylation sites is 1. The predicted molar refractivity (Wildman–Crippen MR) is 79.5 cm³/mol. The molecule has 104 valence electrons. The summed E-state index contributed by atoms with van der Waals surface area (Å²) >= 11 is 0. The first-order valence-electron chi connectivity index (χ1n) is 6.38. The molecular weight excluding hydrogens is 266 g/mol. The Hall–Kier alpha value is -3.08. The van der Waals surface area contributed by atoms with Crippen molar-refractivity contribution in [3.05, 3.63) is 67.0 Å². The van der Waals surface area contributed by atoms with E-state index in [0.29, 0.717) is 5.75 Å². The molecule has 3 aromatic rings. The van der Waals surface area contributed by atoms with Crippen LogP contribution in [0.2, 0.25) is 0 Å². The third kappa shape index (κ3) is 3.27. The minimum atomic E-state index is 0.252. The van der Waals surface area contributed by atoms with Gasteiger partial charge in [-0.15, -0.1) is 0 Å². The van der Waals surface area contributed by atoms with Gasteiger partial charge in [0.15, 0.2) is 5.82 Å². The average Bonchev–Trinajstić information content (AvgIpc) is 2.52. The van der Waals surface area contributed by atoms with Crippen LogP contribution in [0.15, 0.2) is 67.0 Å². The topological polar surface area (TPSA) is 70.3 Å². The maximum Gasteiger partial charge on any atom is 0.262 e. The summed E-state index contributed by atoms with van der Waals surface area (Å²) in [5.74, 6) is 2.66. The summed E-state index contributed by atoms with van der Waals surface area (Å²) in [6.07, 6.45) is 3.04. The van der Waals surface area contributed by atoms with E-state index in [4.69, 9.17) is 15.2 Å². The van der Waals surface area contributed by atoms with Gasteiger partial charge in [0, 0.05) is 12.4 Å². The summed E-state index contributed by atoms with van der Waals surface area (Å²) in [6, 6.07) is 16.8. The van der Waals surface area contributed by atoms with Gasteiger partial charge in [0.1, 0.15) is 17.2 Å². The maximum atomic E-state index is 5.70. The number of hydrogen-bond acceptors (Lipinski definition) is 5. The van der Waals surface area contributed by atoms with Crippen molar-refractivity contribution in [2.24, 2.45) is 0 Å². The highest BCUT2D eigenvalue weighted by molar-refractivity contribution is 5.43. The second-order valence-corrected chi connectivity index (χ2v) is 4.24. The predicted octanol–water partition coefficient (Wildman–Crippen LogP) is 3.64. The molecule has 1 heterocycles. The summed E-state index contributed by atoms with van der Waals surface area (Å²) in [7, 11) is 0. The summed E-state index contributed by atoms with van der Waals surface area (Å²) < 4.78 is 11.3. The Morgan fingerprint density at radius 1 is 0.667 bits per heavy atom. The van der Waals surface area contributed by atoms with Gasteiger partial charge in [-0.05, 0) is 36.4 Å². The standard InChI is InChI=1S/C16H13N3O2/c17-15-16(19-11-10-18-15)21-14-8-6-13(7-9-14)20-12-4-2-1-3-5-12/h1-11H,(H2,17,18). The number of anilines is 1. The van der Waals surface area contributed by atoms with Crippen molar-refractivity contribution in [1.82, 2.24) is 9.97 Å². The van der Waals surface area contributed by atoms with Crippen molar-refractivity contribution in [3.8, 4) is 23.1 Å². The lowest BCUT2D eigenvalue weighted by molar-refractivity contribution is 0.457. The second kappa shape index (κ2) is 5.92. The molecule has 0 unspecified atom stereocenters. The molecule has 21 heavy (non-hydrogen) atoms. The average molecular weight is 279 g/mol. The van der Waals surface area contributed by atoms with E-state index in [-0.39, 0.29) is 11.7 Å². The Morgan fingerprint density at radius 2 is 1.24 bits per heavy atom. The molecule has 0 bridgehead atoms. The van der Waals surface area contributed by atoms with Gasteiger partial charge in [-0.3, -0.25) is 0 Å². The number of nitrogens with zero attached hydrogens (tertiary/aromatic N) is 2. The number of hydrogen-bond donors (Lipinski definition) is 1. The van der Waals surface area contributed by atoms with E-state index in [1.807, 2.05) is 42.5 Å². The fourth-order valence-corrected chi connectivity index (χ4v) is 1.73. The molecule has 0 atom stereocenters. The van der Waals surface area contributed by atoms with E-state index in [0.717, 1.165) is 11.5 Å². The molecule has 0 aliphatic heterocycles. The summed E-state index contributed by atoms with van der Waals surface area (Å²) in [6.45, 7) is 0. The van der Waals surface area contributed by atoms with Gasteiger partial charge in [-0.2, -0.15) is 0 Å². The van der Waals surface area contributed by atoms with Crippen LogP contribution in [-0.4, -0.2) is 9.97 Å². The molecule has 5 heteroatoms. The minimum absolute atomic E-state index is 0.252. The van der Waals surface area contributed by atoms with Crippen LogP contribution in [0.4, 0.5) is 5.82 Å². The first kappa shape index (κ1) is 12.9. The van der Waals surface area contributed by atoms with Crippen LogP contribution in [0, 0.1) is 0 Å². The van der Waals surface area contributed by atoms with Gasteiger partial charge >= 0.3 is 0 Å². The lowest BCUT2D eigenvalue weighted by Crippen LogP contribution is -1.96. The molecule has 0 saturated heterocycles. The monoisotopic (exact) mass is 279 g/mol. The zero-order valence-corrected chi connectivity index (χ0v) is 11.1. The van der Waals surface area contributed by atoms with Crippen LogP contribution >= 0.6 is 0 Å². The molecule has 1 aromatic heterocycles. The van der Waals surface area contributed by atoms with Crippen LogP contribution in [0.25, 0.3) is 0 Å². The molecule has 0 amide bonds. The normalized spacial score (nSPS) is 10.1. The van der Waals surface area contributed by atoms with Gasteiger partial charge in [0.2, 0.25) is 0 Å². The van der Waals surface area contributed by atoms with Gasteiger partial charge in [0.25, 0.3) is 5.88 Å². The number of aromatic nitrogens is 2. The molecule has 0 fully saturated rings. The maximum absolute atomic E-state index is 5.70. The molecule has 0 saturated carbocycles. The summed E-state index contributed by atoms with van der Waals surface area (Å²) in [5.41, 5.74) is 5.68. The highest BCUT2D eigenvalue weighted by atomic mass is 16.5. The SMILES string of the molecule is Nc1nccnc1Oc1ccc(Oc2ccccc2)cc1. The third-order valence-corrected chi connectivity index (χ3v) is 2.71. The molecule has 0 aliphatic rings. The van der Waals surface area contributed by atoms with Crippen molar-refractivity contribution < 1.29 is 9.47 Å². The van der Waals surface area contributed by atoms with Crippen LogP contribution < -0.4 is 15.2 Å². The van der Waals surface area contributed by atoms with Crippen molar-refractivity contribution in [2.75, 3.05) is 5.73 Å². The molecular formula is C16H13N3O2. The third-order valence-electron chi connectivity index (χ3n) is 2.71. The number of nitrogens with two attached hydrogens (primary N) is 1. The lowest BCUT2D eigenvalue weighted by Gasteiger charge is -2.08. The van der Waals surface area contributed by atoms with E-state index in [1.54, 1.807) is 12.1 Å². The Bertz CT molecular complexity index is 715. The van der Waals surface area contributed by atoms with Gasteiger partial charge < -0.3 is 15.2 Å². The van der Waals surface area contributed by atoms with Crippen LogP contribution in [0.1, 0.15) is 0 Å². The molecule has 0 spiro atoms. The fraction of sp³-hybridized carbons (Fsp3) is 0. The van der Waals surface area contributed by atoms with Crippen molar-refractivity contribution in [2.45, 2.75) is 0 Å². The second-order valence-electron chi connectivity index (χ2n) is 4.24. The van der Waals surface area contributed by atoms with Crippen LogP contribution in [0.5, 0.6) is 23.1 Å². The Balaban J connectivity index is 1.71. The van der Waals surface area contributed by atoms with Crippen molar-refractivity contribution in [1.29, 1.82) is 0 Å². The number of ether oxygens (including phenoxy) is 2. The Morgan fingerprint density at radius 3 is 1.90 bits per heavy atom. The fourth-order valence-electron chi connectivity index (χ4n) is 1.73. The molecule has 0 radical (unpaired) electrons. The highest BCUT2D eigenvalue weighted by Crippen LogP contribution is 2.27. The zero-order chi connectivity index (χ0) is 14.5. The molecule has 0 aliphatic carbocycles. The first-order valence-corrected chi connectivity index (χ1v) is 6.38. The van der Waals surface area contributed by atoms with Gasteiger partial charge in [0.05, 0.1) is 0 Å². The quantitative estimate of drug-likeness (QED) is 0.789. The lowest BCUT2D eigenvalue weighted by atomic mass is 10.3. The van der Waals surface area contributed by atoms with Crippen LogP contribution in [0.3, 0.4) is 0 Å². The minimum Gasteiger partial charge on any atom is -0.457 e. The number of benzene rings is 2. The van der Waals surface area contributed by atoms with E-state index >= 15 is 0 Å². The largest absolute Gasteiger partial charge is 0.457 e. The van der Waals surface area contributed by atoms with Gasteiger partial charge in [-0.25, -0.2) is 9.97 Å². The molecule has 3 rings (SSSR count). The summed E-state index contributed by atoms with van der Waals surface area (Å²) in [5, 5.41) is 0. The first-order chi connectivity index (χ1) is 10.3. The van der Waals surface area contributed by atoms with E-state index in [9.17, 15) is 0 Å². The smallest absolute Gasteiger partial charge is 0.262 e. The molecule has 2 aromatic carbocycles. The molecule has 2 N–H and O–H groups in total. The van der Waals surface area contributed by atoms with Crippen molar-refractivity contribution >= 4 is 5.82 Å². The zero-order valence-electron chi connectivity index (χ0n) is 11.1. The highest BCUT2D eigenvalue weighted by Gasteiger charge is 2.04. The van der Waals surface area contributed by atoms with Crippen molar-refractivity contribution in [3.63, 3.8) is 0 Å². The Labute approximate surface area is 122 Å². The van der Waals surface area contributed by atoms with E-state index in [1.165, 1.54) is 12.4 Å². The molecule has 5 nitrogen and oxygen atoms in total. The van der Waals surface area contributed by atoms with E-state index in [2.05, 4.69) is 9.97 Å². The Kier molecular flexibility index (Phi) is 3.64. The van der Waals surface area contributed by atoms with Gasteiger partial charge in [-0.1, -0.05) is 18.2 Å². The summed E-state index contributed by atoms with van der Waals surface area (Å²) in [4.78, 5) is 7.94.